The molecule has 3 rings (SSSR count). The molecule has 1 amide bonds. The lowest BCUT2D eigenvalue weighted by Gasteiger charge is -2.34. The van der Waals surface area contributed by atoms with E-state index in [4.69, 9.17) is 9.47 Å². The molecule has 1 saturated heterocycles. The van der Waals surface area contributed by atoms with E-state index in [9.17, 15) is 9.59 Å². The highest BCUT2D eigenvalue weighted by Gasteiger charge is 2.24. The van der Waals surface area contributed by atoms with Gasteiger partial charge in [0.1, 0.15) is 10.8 Å². The molecule has 0 radical (unpaired) electrons. The van der Waals surface area contributed by atoms with Gasteiger partial charge in [0, 0.05) is 37.6 Å². The van der Waals surface area contributed by atoms with Crippen molar-refractivity contribution in [2.45, 2.75) is 27.3 Å². The van der Waals surface area contributed by atoms with Crippen molar-refractivity contribution in [3.63, 3.8) is 0 Å². The van der Waals surface area contributed by atoms with Gasteiger partial charge in [0.2, 0.25) is 5.91 Å². The molecule has 0 unspecified atom stereocenters. The predicted molar refractivity (Wildman–Crippen MR) is 123 cm³/mol. The third-order valence-electron chi connectivity index (χ3n) is 5.49. The van der Waals surface area contributed by atoms with E-state index in [1.54, 1.807) is 14.0 Å². The van der Waals surface area contributed by atoms with Gasteiger partial charge < -0.3 is 14.8 Å². The number of nitrogens with one attached hydrogen (secondary N) is 1. The van der Waals surface area contributed by atoms with Crippen LogP contribution in [0.25, 0.3) is 0 Å². The number of nitrogens with zero attached hydrogens (tertiary/aromatic N) is 2. The minimum absolute atomic E-state index is 0.104. The fourth-order valence-corrected chi connectivity index (χ4v) is 4.73. The average molecular weight is 446 g/mol. The van der Waals surface area contributed by atoms with Crippen molar-refractivity contribution in [1.82, 2.24) is 9.80 Å². The summed E-state index contributed by atoms with van der Waals surface area (Å²) in [4.78, 5) is 30.5. The van der Waals surface area contributed by atoms with Crippen molar-refractivity contribution in [2.24, 2.45) is 0 Å². The smallest absolute Gasteiger partial charge is 0.341 e. The van der Waals surface area contributed by atoms with Gasteiger partial charge >= 0.3 is 5.97 Å². The van der Waals surface area contributed by atoms with E-state index in [2.05, 4.69) is 27.2 Å². The number of thiophene rings is 1. The highest BCUT2D eigenvalue weighted by atomic mass is 32.1. The normalized spacial score (nSPS) is 15.0. The van der Waals surface area contributed by atoms with Crippen molar-refractivity contribution >= 4 is 28.2 Å². The molecule has 1 aromatic carbocycles. The number of amides is 1. The predicted octanol–water partition coefficient (Wildman–Crippen LogP) is 3.31. The Kier molecular flexibility index (Phi) is 8.06. The summed E-state index contributed by atoms with van der Waals surface area (Å²) in [7, 11) is 1.68. The molecular weight excluding hydrogens is 414 g/mol. The number of ether oxygens (including phenoxy) is 2. The molecule has 1 fully saturated rings. The molecule has 1 aliphatic rings. The number of rotatable bonds is 8. The van der Waals surface area contributed by atoms with Crippen molar-refractivity contribution < 1.29 is 19.1 Å². The maximum atomic E-state index is 12.7. The molecular formula is C23H31N3O4S. The maximum absolute atomic E-state index is 12.7. The average Bonchev–Trinajstić information content (AvgIpc) is 3.02. The molecule has 168 valence electrons. The van der Waals surface area contributed by atoms with E-state index in [0.29, 0.717) is 23.7 Å². The Hall–Kier alpha value is -2.42. The fraction of sp³-hybridized carbons (Fsp3) is 0.478. The van der Waals surface area contributed by atoms with Crippen LogP contribution in [0, 0.1) is 13.8 Å². The van der Waals surface area contributed by atoms with E-state index in [1.165, 1.54) is 16.9 Å². The molecule has 0 bridgehead atoms. The first-order chi connectivity index (χ1) is 14.9. The van der Waals surface area contributed by atoms with E-state index < -0.39 is 0 Å². The molecule has 0 spiro atoms. The number of piperazine rings is 1. The Morgan fingerprint density at radius 2 is 1.84 bits per heavy atom. The highest BCUT2D eigenvalue weighted by Crippen LogP contribution is 2.33. The van der Waals surface area contributed by atoms with Crippen LogP contribution in [0.4, 0.5) is 5.00 Å². The molecule has 0 atom stereocenters. The van der Waals surface area contributed by atoms with E-state index in [0.717, 1.165) is 48.9 Å². The summed E-state index contributed by atoms with van der Waals surface area (Å²) in [5, 5.41) is 3.51. The van der Waals surface area contributed by atoms with Crippen LogP contribution in [0.5, 0.6) is 5.75 Å². The van der Waals surface area contributed by atoms with Gasteiger partial charge in [-0.05, 0) is 44.0 Å². The van der Waals surface area contributed by atoms with E-state index in [1.807, 2.05) is 26.0 Å². The van der Waals surface area contributed by atoms with Crippen LogP contribution < -0.4 is 10.1 Å². The second kappa shape index (κ2) is 10.7. The summed E-state index contributed by atoms with van der Waals surface area (Å²) in [6.07, 6.45) is 0. The number of carbonyl (C=O) groups excluding carboxylic acids is 2. The third-order valence-corrected chi connectivity index (χ3v) is 6.61. The van der Waals surface area contributed by atoms with Gasteiger partial charge in [0.25, 0.3) is 0 Å². The quantitative estimate of drug-likeness (QED) is 0.629. The molecule has 1 aliphatic heterocycles. The number of hydrogen-bond acceptors (Lipinski definition) is 7. The first-order valence-electron chi connectivity index (χ1n) is 10.6. The molecule has 2 heterocycles. The number of esters is 1. The van der Waals surface area contributed by atoms with Crippen molar-refractivity contribution in [2.75, 3.05) is 51.8 Å². The number of benzene rings is 1. The van der Waals surface area contributed by atoms with Gasteiger partial charge in [0.15, 0.2) is 0 Å². The van der Waals surface area contributed by atoms with Crippen LogP contribution >= 0.6 is 11.3 Å². The van der Waals surface area contributed by atoms with E-state index in [-0.39, 0.29) is 11.9 Å². The van der Waals surface area contributed by atoms with Crippen molar-refractivity contribution in [1.29, 1.82) is 0 Å². The number of anilines is 1. The molecule has 8 heteroatoms. The first-order valence-corrected chi connectivity index (χ1v) is 11.4. The standard InChI is InChI=1S/C23H31N3O4S/c1-5-30-23(28)21-16(2)17(3)31-22(21)24-20(27)15-26-11-9-25(10-12-26)14-18-7-6-8-19(13-18)29-4/h6-8,13H,5,9-12,14-15H2,1-4H3,(H,24,27). The molecule has 1 N–H and O–H groups in total. The second-order valence-corrected chi connectivity index (χ2v) is 8.88. The zero-order valence-corrected chi connectivity index (χ0v) is 19.5. The Bertz CT molecular complexity index is 920. The minimum atomic E-state index is -0.384. The highest BCUT2D eigenvalue weighted by molar-refractivity contribution is 7.16. The van der Waals surface area contributed by atoms with Crippen LogP contribution in [0.1, 0.15) is 33.3 Å². The van der Waals surface area contributed by atoms with Crippen LogP contribution in [0.3, 0.4) is 0 Å². The summed E-state index contributed by atoms with van der Waals surface area (Å²) in [6, 6.07) is 8.12. The zero-order valence-electron chi connectivity index (χ0n) is 18.7. The lowest BCUT2D eigenvalue weighted by atomic mass is 10.1. The number of hydrogen-bond donors (Lipinski definition) is 1. The first kappa shape index (κ1) is 23.2. The lowest BCUT2D eigenvalue weighted by Crippen LogP contribution is -2.48. The van der Waals surface area contributed by atoms with Gasteiger partial charge in [-0.25, -0.2) is 4.79 Å². The number of aryl methyl sites for hydroxylation is 1. The van der Waals surface area contributed by atoms with Crippen LogP contribution in [0.2, 0.25) is 0 Å². The number of carbonyl (C=O) groups is 2. The summed E-state index contributed by atoms with van der Waals surface area (Å²) < 4.78 is 10.5. The lowest BCUT2D eigenvalue weighted by molar-refractivity contribution is -0.117. The Morgan fingerprint density at radius 1 is 1.13 bits per heavy atom. The third kappa shape index (κ3) is 6.06. The Balaban J connectivity index is 1.51. The van der Waals surface area contributed by atoms with Gasteiger partial charge in [0.05, 0.1) is 25.8 Å². The summed E-state index contributed by atoms with van der Waals surface area (Å²) in [6.45, 7) is 10.5. The van der Waals surface area contributed by atoms with Gasteiger partial charge in [-0.2, -0.15) is 0 Å². The van der Waals surface area contributed by atoms with Crippen molar-refractivity contribution in [3.8, 4) is 5.75 Å². The van der Waals surface area contributed by atoms with Crippen LogP contribution in [-0.2, 0) is 16.1 Å². The van der Waals surface area contributed by atoms with Crippen molar-refractivity contribution in [3.05, 3.63) is 45.8 Å². The van der Waals surface area contributed by atoms with Gasteiger partial charge in [-0.3, -0.25) is 14.6 Å². The molecule has 0 aliphatic carbocycles. The molecule has 31 heavy (non-hydrogen) atoms. The molecule has 7 nitrogen and oxygen atoms in total. The van der Waals surface area contributed by atoms with E-state index >= 15 is 0 Å². The van der Waals surface area contributed by atoms with Crippen LogP contribution in [0.15, 0.2) is 24.3 Å². The summed E-state index contributed by atoms with van der Waals surface area (Å²) in [5.41, 5.74) is 2.56. The largest absolute Gasteiger partial charge is 0.497 e. The molecule has 2 aromatic rings. The zero-order chi connectivity index (χ0) is 22.4. The SMILES string of the molecule is CCOC(=O)c1c(NC(=O)CN2CCN(Cc3cccc(OC)c3)CC2)sc(C)c1C. The maximum Gasteiger partial charge on any atom is 0.341 e. The Labute approximate surface area is 187 Å². The summed E-state index contributed by atoms with van der Waals surface area (Å²) >= 11 is 1.42. The van der Waals surface area contributed by atoms with Gasteiger partial charge in [-0.1, -0.05) is 12.1 Å². The minimum Gasteiger partial charge on any atom is -0.497 e. The summed E-state index contributed by atoms with van der Waals surface area (Å²) in [5.74, 6) is 0.382. The second-order valence-electron chi connectivity index (χ2n) is 7.66. The number of methoxy groups -OCH3 is 1. The topological polar surface area (TPSA) is 71.1 Å². The monoisotopic (exact) mass is 445 g/mol. The fourth-order valence-electron chi connectivity index (χ4n) is 3.67. The molecule has 1 aromatic heterocycles. The molecule has 0 saturated carbocycles. The van der Waals surface area contributed by atoms with Gasteiger partial charge in [-0.15, -0.1) is 11.3 Å². The Morgan fingerprint density at radius 3 is 2.52 bits per heavy atom. The van der Waals surface area contributed by atoms with Crippen LogP contribution in [-0.4, -0.2) is 68.1 Å².